The number of carboxylic acids is 1. The zero-order chi connectivity index (χ0) is 12.4. The highest BCUT2D eigenvalue weighted by Gasteiger charge is 2.17. The highest BCUT2D eigenvalue weighted by Crippen LogP contribution is 2.22. The van der Waals surface area contributed by atoms with Crippen LogP contribution in [0.4, 0.5) is 0 Å². The molecule has 0 amide bonds. The van der Waals surface area contributed by atoms with Crippen molar-refractivity contribution in [2.45, 2.75) is 12.5 Å². The number of benzene rings is 1. The van der Waals surface area contributed by atoms with Crippen LogP contribution in [-0.2, 0) is 11.2 Å². The molecular formula is C12H13N3O2. The predicted molar refractivity (Wildman–Crippen MR) is 65.5 cm³/mol. The van der Waals surface area contributed by atoms with Crippen molar-refractivity contribution in [1.82, 2.24) is 4.98 Å². The highest BCUT2D eigenvalue weighted by molar-refractivity contribution is 5.93. The molecule has 0 radical (unpaired) electrons. The second-order valence-electron chi connectivity index (χ2n) is 3.86. The van der Waals surface area contributed by atoms with Crippen molar-refractivity contribution < 1.29 is 9.90 Å². The van der Waals surface area contributed by atoms with E-state index >= 15 is 0 Å². The maximum Gasteiger partial charge on any atom is 0.320 e. The van der Waals surface area contributed by atoms with Gasteiger partial charge in [0.15, 0.2) is 0 Å². The first-order valence-corrected chi connectivity index (χ1v) is 5.22. The number of hydrogen-bond acceptors (Lipinski definition) is 3. The molecule has 1 aromatic carbocycles. The number of fused-ring (bicyclic) bond motifs is 1. The number of nitrogens with two attached hydrogens (primary N) is 1. The summed E-state index contributed by atoms with van der Waals surface area (Å²) < 4.78 is 0. The first kappa shape index (κ1) is 11.3. The Hall–Kier alpha value is -2.14. The summed E-state index contributed by atoms with van der Waals surface area (Å²) in [6.07, 6.45) is 1.40. The minimum atomic E-state index is -1.04. The number of rotatable bonds is 4. The average molecular weight is 231 g/mol. The lowest BCUT2D eigenvalue weighted by atomic mass is 10.0. The second-order valence-corrected chi connectivity index (χ2v) is 3.86. The largest absolute Gasteiger partial charge is 0.480 e. The molecule has 5 heteroatoms. The number of hydrogen-bond donors (Lipinski definition) is 4. The standard InChI is InChI=1S/C12H13N3O2/c13-6-11-8(5-9(14)12(16)17)7-3-1-2-4-10(7)15-11/h1-4,6,9,13,15H,5,14H2,(H,16,17)/t9-/m0/s1. The third-order valence-electron chi connectivity index (χ3n) is 2.73. The van der Waals surface area contributed by atoms with Crippen molar-refractivity contribution in [2.24, 2.45) is 5.73 Å². The summed E-state index contributed by atoms with van der Waals surface area (Å²) in [7, 11) is 0. The van der Waals surface area contributed by atoms with Crippen molar-refractivity contribution in [3.63, 3.8) is 0 Å². The molecule has 5 N–H and O–H groups in total. The molecule has 2 aromatic rings. The lowest BCUT2D eigenvalue weighted by Gasteiger charge is -2.06. The van der Waals surface area contributed by atoms with Crippen LogP contribution in [-0.4, -0.2) is 28.3 Å². The monoisotopic (exact) mass is 231 g/mol. The quantitative estimate of drug-likeness (QED) is 0.593. The van der Waals surface area contributed by atoms with Gasteiger partial charge in [-0.1, -0.05) is 18.2 Å². The lowest BCUT2D eigenvalue weighted by molar-refractivity contribution is -0.138. The van der Waals surface area contributed by atoms with Crippen LogP contribution in [0.2, 0.25) is 0 Å². The van der Waals surface area contributed by atoms with Gasteiger partial charge in [0.1, 0.15) is 6.04 Å². The topological polar surface area (TPSA) is 103 Å². The molecule has 0 spiro atoms. The normalized spacial score (nSPS) is 12.5. The van der Waals surface area contributed by atoms with Crippen LogP contribution in [0.1, 0.15) is 11.3 Å². The van der Waals surface area contributed by atoms with Crippen molar-refractivity contribution in [3.05, 3.63) is 35.5 Å². The van der Waals surface area contributed by atoms with E-state index in [1.54, 1.807) is 0 Å². The molecule has 0 aliphatic carbocycles. The Morgan fingerprint density at radius 2 is 2.24 bits per heavy atom. The third kappa shape index (κ3) is 2.05. The number of carboxylic acid groups (broad SMARTS) is 1. The molecule has 5 nitrogen and oxygen atoms in total. The summed E-state index contributed by atoms with van der Waals surface area (Å²) in [4.78, 5) is 13.8. The van der Waals surface area contributed by atoms with Crippen molar-refractivity contribution in [2.75, 3.05) is 0 Å². The van der Waals surface area contributed by atoms with Gasteiger partial charge in [0.2, 0.25) is 0 Å². The fraction of sp³-hybridized carbons (Fsp3) is 0.167. The zero-order valence-corrected chi connectivity index (χ0v) is 9.10. The van der Waals surface area contributed by atoms with Crippen LogP contribution in [0, 0.1) is 5.41 Å². The van der Waals surface area contributed by atoms with Gasteiger partial charge in [0.25, 0.3) is 0 Å². The Balaban J connectivity index is 2.50. The lowest BCUT2D eigenvalue weighted by Crippen LogP contribution is -2.32. The summed E-state index contributed by atoms with van der Waals surface area (Å²) in [5, 5.41) is 17.1. The smallest absolute Gasteiger partial charge is 0.320 e. The minimum Gasteiger partial charge on any atom is -0.480 e. The van der Waals surface area contributed by atoms with Gasteiger partial charge >= 0.3 is 5.97 Å². The van der Waals surface area contributed by atoms with Gasteiger partial charge < -0.3 is 21.2 Å². The van der Waals surface area contributed by atoms with Crippen LogP contribution in [0.25, 0.3) is 10.9 Å². The molecule has 0 aliphatic rings. The highest BCUT2D eigenvalue weighted by atomic mass is 16.4. The van der Waals surface area contributed by atoms with Crippen LogP contribution in [0.3, 0.4) is 0 Å². The Bertz CT molecular complexity index is 574. The van der Waals surface area contributed by atoms with Crippen molar-refractivity contribution in [3.8, 4) is 0 Å². The molecule has 1 heterocycles. The molecular weight excluding hydrogens is 218 g/mol. The Labute approximate surface area is 97.8 Å². The predicted octanol–water partition coefficient (Wildman–Crippen LogP) is 1.12. The number of nitrogens with one attached hydrogen (secondary N) is 2. The van der Waals surface area contributed by atoms with Gasteiger partial charge in [-0.2, -0.15) is 0 Å². The molecule has 1 atom stereocenters. The molecule has 0 aliphatic heterocycles. The number of H-pyrrole nitrogens is 1. The Morgan fingerprint density at radius 3 is 2.88 bits per heavy atom. The average Bonchev–Trinajstić information content (AvgIpc) is 2.67. The Morgan fingerprint density at radius 1 is 1.53 bits per heavy atom. The minimum absolute atomic E-state index is 0.212. The number of aromatic nitrogens is 1. The van der Waals surface area contributed by atoms with E-state index in [0.29, 0.717) is 5.69 Å². The molecule has 88 valence electrons. The molecule has 17 heavy (non-hydrogen) atoms. The maximum absolute atomic E-state index is 10.8. The van der Waals surface area contributed by atoms with E-state index in [1.807, 2.05) is 24.3 Å². The Kier molecular flexibility index (Phi) is 2.93. The van der Waals surface area contributed by atoms with Crippen LogP contribution in [0.15, 0.2) is 24.3 Å². The van der Waals surface area contributed by atoms with E-state index in [9.17, 15) is 4.79 Å². The number of carbonyl (C=O) groups is 1. The second kappa shape index (κ2) is 4.39. The molecule has 0 saturated heterocycles. The summed E-state index contributed by atoms with van der Waals surface area (Å²) in [6.45, 7) is 0. The number of para-hydroxylation sites is 1. The summed E-state index contributed by atoms with van der Waals surface area (Å²) in [5.41, 5.74) is 7.82. The summed E-state index contributed by atoms with van der Waals surface area (Å²) in [6, 6.07) is 6.58. The number of aliphatic carboxylic acids is 1. The summed E-state index contributed by atoms with van der Waals surface area (Å²) >= 11 is 0. The fourth-order valence-electron chi connectivity index (χ4n) is 1.87. The van der Waals surface area contributed by atoms with E-state index in [2.05, 4.69) is 4.98 Å². The fourth-order valence-corrected chi connectivity index (χ4v) is 1.87. The van der Waals surface area contributed by atoms with Crippen molar-refractivity contribution >= 4 is 23.1 Å². The van der Waals surface area contributed by atoms with E-state index in [0.717, 1.165) is 16.5 Å². The first-order chi connectivity index (χ1) is 8.13. The van der Waals surface area contributed by atoms with E-state index in [1.165, 1.54) is 6.21 Å². The molecule has 0 fully saturated rings. The molecule has 2 rings (SSSR count). The van der Waals surface area contributed by atoms with Crippen LogP contribution >= 0.6 is 0 Å². The molecule has 0 saturated carbocycles. The van der Waals surface area contributed by atoms with Gasteiger partial charge in [-0.05, 0) is 11.6 Å². The molecule has 0 unspecified atom stereocenters. The molecule has 0 bridgehead atoms. The van der Waals surface area contributed by atoms with Gasteiger partial charge in [-0.3, -0.25) is 4.79 Å². The van der Waals surface area contributed by atoms with Crippen molar-refractivity contribution in [1.29, 1.82) is 5.41 Å². The molecule has 1 aromatic heterocycles. The van der Waals surface area contributed by atoms with E-state index in [-0.39, 0.29) is 6.42 Å². The number of aromatic amines is 1. The van der Waals surface area contributed by atoms with E-state index in [4.69, 9.17) is 16.2 Å². The SMILES string of the molecule is N=Cc1[nH]c2ccccc2c1C[C@H](N)C(=O)O. The van der Waals surface area contributed by atoms with Gasteiger partial charge in [-0.15, -0.1) is 0 Å². The van der Waals surface area contributed by atoms with Gasteiger partial charge in [-0.25, -0.2) is 0 Å². The third-order valence-corrected chi connectivity index (χ3v) is 2.73. The van der Waals surface area contributed by atoms with E-state index < -0.39 is 12.0 Å². The zero-order valence-electron chi connectivity index (χ0n) is 9.10. The van der Waals surface area contributed by atoms with Gasteiger partial charge in [0.05, 0.1) is 5.69 Å². The maximum atomic E-state index is 10.8. The first-order valence-electron chi connectivity index (χ1n) is 5.22. The van der Waals surface area contributed by atoms with Gasteiger partial charge in [0, 0.05) is 23.5 Å². The van der Waals surface area contributed by atoms with Crippen LogP contribution in [0.5, 0.6) is 0 Å². The summed E-state index contributed by atoms with van der Waals surface area (Å²) in [5.74, 6) is -1.04. The van der Waals surface area contributed by atoms with Crippen LogP contribution < -0.4 is 5.73 Å².